The highest BCUT2D eigenvalue weighted by molar-refractivity contribution is 6.25. The van der Waals surface area contributed by atoms with E-state index in [-0.39, 0.29) is 41.6 Å². The molecule has 2 aromatic carbocycles. The second-order valence-electron chi connectivity index (χ2n) is 13.7. The summed E-state index contributed by atoms with van der Waals surface area (Å²) in [7, 11) is 0. The van der Waals surface area contributed by atoms with Gasteiger partial charge in [-0.3, -0.25) is 14.4 Å². The quantitative estimate of drug-likeness (QED) is 0.362. The van der Waals surface area contributed by atoms with Crippen molar-refractivity contribution in [1.82, 2.24) is 0 Å². The molecule has 0 saturated heterocycles. The molecule has 4 N–H and O–H groups in total. The van der Waals surface area contributed by atoms with Crippen LogP contribution in [0, 0.1) is 10.8 Å². The number of hydrogen-bond donors (Lipinski definition) is 4. The second-order valence-corrected chi connectivity index (χ2v) is 13.7. The van der Waals surface area contributed by atoms with E-state index in [4.69, 9.17) is 0 Å². The Morgan fingerprint density at radius 3 is 2.15 bits per heavy atom. The first kappa shape index (κ1) is 28.8. The monoisotopic (exact) mass is 558 g/mol. The largest absolute Gasteiger partial charge is 0.511 e. The number of fused-ring (bicyclic) bond motifs is 3. The fraction of sp³-hybridized carbons (Fsp3) is 0.441. The van der Waals surface area contributed by atoms with E-state index in [1.165, 1.54) is 11.6 Å². The lowest BCUT2D eigenvalue weighted by atomic mass is 9.48. The van der Waals surface area contributed by atoms with Crippen molar-refractivity contribution in [1.29, 1.82) is 0 Å². The number of carbonyl (C=O) groups is 3. The Morgan fingerprint density at radius 1 is 0.927 bits per heavy atom. The first-order chi connectivity index (χ1) is 18.9. The van der Waals surface area contributed by atoms with Crippen LogP contribution in [-0.4, -0.2) is 43.4 Å². The van der Waals surface area contributed by atoms with Crippen molar-refractivity contribution in [3.8, 4) is 5.75 Å². The summed E-state index contributed by atoms with van der Waals surface area (Å²) < 4.78 is 0. The zero-order valence-electron chi connectivity index (χ0n) is 24.5. The van der Waals surface area contributed by atoms with Gasteiger partial charge in [-0.15, -0.1) is 0 Å². The third-order valence-corrected chi connectivity index (χ3v) is 9.50. The minimum absolute atomic E-state index is 0.0487. The maximum atomic E-state index is 14.0. The van der Waals surface area contributed by atoms with Crippen LogP contribution >= 0.6 is 0 Å². The topological polar surface area (TPSA) is 132 Å². The van der Waals surface area contributed by atoms with Gasteiger partial charge in [-0.2, -0.15) is 0 Å². The molecule has 2 aromatic rings. The van der Waals surface area contributed by atoms with Crippen molar-refractivity contribution < 1.29 is 34.8 Å². The van der Waals surface area contributed by atoms with E-state index in [0.29, 0.717) is 12.0 Å². The molecule has 7 nitrogen and oxygen atoms in total. The Balaban J connectivity index is 1.57. The van der Waals surface area contributed by atoms with E-state index >= 15 is 0 Å². The predicted octanol–water partition coefficient (Wildman–Crippen LogP) is 5.55. The van der Waals surface area contributed by atoms with Gasteiger partial charge in [-0.25, -0.2) is 0 Å². The van der Waals surface area contributed by atoms with Crippen LogP contribution in [-0.2, 0) is 34.3 Å². The van der Waals surface area contributed by atoms with Crippen LogP contribution in [0.15, 0.2) is 59.1 Å². The Hall–Kier alpha value is -3.71. The maximum absolute atomic E-state index is 14.0. The van der Waals surface area contributed by atoms with Crippen LogP contribution in [0.25, 0.3) is 0 Å². The van der Waals surface area contributed by atoms with Crippen LogP contribution in [0.3, 0.4) is 0 Å². The molecular formula is C34H38O7. The van der Waals surface area contributed by atoms with Gasteiger partial charge in [0.15, 0.2) is 17.2 Å². The van der Waals surface area contributed by atoms with Gasteiger partial charge >= 0.3 is 0 Å². The molecule has 0 bridgehead atoms. The normalized spacial score (nSPS) is 27.9. The molecule has 0 fully saturated rings. The van der Waals surface area contributed by atoms with Crippen molar-refractivity contribution in [3.63, 3.8) is 0 Å². The highest BCUT2D eigenvalue weighted by Gasteiger charge is 2.67. The molecule has 7 heteroatoms. The Labute approximate surface area is 240 Å². The summed E-state index contributed by atoms with van der Waals surface area (Å²) in [6.07, 6.45) is 1.50. The van der Waals surface area contributed by atoms with Gasteiger partial charge in [-0.1, -0.05) is 65.0 Å². The molecule has 0 unspecified atom stereocenters. The number of aryl methyl sites for hydroxylation is 2. The average Bonchev–Trinajstić information content (AvgIpc) is 2.85. The molecule has 0 spiro atoms. The number of Topliss-reactive ketones (excluding diaryl/α,β-unsaturated/α-hetero) is 3. The number of ketones is 3. The number of aliphatic hydroxyl groups excluding tert-OH is 2. The number of hydrogen-bond acceptors (Lipinski definition) is 7. The minimum atomic E-state index is -2.56. The maximum Gasteiger partial charge on any atom is 0.209 e. The highest BCUT2D eigenvalue weighted by atomic mass is 16.3. The van der Waals surface area contributed by atoms with E-state index in [1.807, 2.05) is 6.07 Å². The van der Waals surface area contributed by atoms with Gasteiger partial charge in [0.25, 0.3) is 0 Å². The average molecular weight is 559 g/mol. The van der Waals surface area contributed by atoms with Crippen LogP contribution < -0.4 is 0 Å². The molecule has 5 rings (SSSR count). The lowest BCUT2D eigenvalue weighted by molar-refractivity contribution is -0.159. The molecule has 3 aliphatic carbocycles. The van der Waals surface area contributed by atoms with Crippen molar-refractivity contribution in [2.75, 3.05) is 0 Å². The number of benzene rings is 2. The summed E-state index contributed by atoms with van der Waals surface area (Å²) in [6, 6.07) is 11.8. The number of rotatable bonds is 4. The van der Waals surface area contributed by atoms with Crippen LogP contribution in [0.2, 0.25) is 0 Å². The summed E-state index contributed by atoms with van der Waals surface area (Å²) in [6.45, 7) is 11.0. The molecule has 3 atom stereocenters. The minimum Gasteiger partial charge on any atom is -0.511 e. The Morgan fingerprint density at radius 2 is 1.56 bits per heavy atom. The molecule has 0 heterocycles. The first-order valence-electron chi connectivity index (χ1n) is 14.1. The molecular weight excluding hydrogens is 520 g/mol. The van der Waals surface area contributed by atoms with Crippen LogP contribution in [0.5, 0.6) is 5.75 Å². The fourth-order valence-corrected chi connectivity index (χ4v) is 7.40. The first-order valence-corrected chi connectivity index (χ1v) is 14.1. The van der Waals surface area contributed by atoms with Crippen LogP contribution in [0.1, 0.15) is 87.0 Å². The number of aromatic hydroxyl groups is 1. The zero-order valence-corrected chi connectivity index (χ0v) is 24.5. The third kappa shape index (κ3) is 4.16. The number of phenolic OH excluding ortho intramolecular Hbond substituents is 1. The Kier molecular flexibility index (Phi) is 6.43. The molecule has 41 heavy (non-hydrogen) atoms. The summed E-state index contributed by atoms with van der Waals surface area (Å²) in [5.41, 5.74) is -1.56. The molecule has 3 aliphatic rings. The zero-order chi connectivity index (χ0) is 30.3. The van der Waals surface area contributed by atoms with E-state index in [2.05, 4.69) is 45.0 Å². The molecule has 0 aliphatic heterocycles. The third-order valence-electron chi connectivity index (χ3n) is 9.50. The second kappa shape index (κ2) is 9.15. The number of aliphatic hydroxyl groups is 3. The fourth-order valence-electron chi connectivity index (χ4n) is 7.40. The van der Waals surface area contributed by atoms with E-state index in [9.17, 15) is 34.8 Å². The lowest BCUT2D eigenvalue weighted by Gasteiger charge is -2.56. The van der Waals surface area contributed by atoms with Gasteiger partial charge in [0.1, 0.15) is 22.8 Å². The molecule has 0 amide bonds. The summed E-state index contributed by atoms with van der Waals surface area (Å²) in [5.74, 6) is -3.95. The molecule has 0 radical (unpaired) electrons. The van der Waals surface area contributed by atoms with Crippen LogP contribution in [0.4, 0.5) is 0 Å². The summed E-state index contributed by atoms with van der Waals surface area (Å²) in [5, 5.41) is 44.8. The van der Waals surface area contributed by atoms with Crippen molar-refractivity contribution in [3.05, 3.63) is 86.9 Å². The summed E-state index contributed by atoms with van der Waals surface area (Å²) >= 11 is 0. The Bertz CT molecular complexity index is 1570. The van der Waals surface area contributed by atoms with E-state index in [0.717, 1.165) is 24.5 Å². The van der Waals surface area contributed by atoms with Crippen molar-refractivity contribution in [2.45, 2.75) is 84.7 Å². The summed E-state index contributed by atoms with van der Waals surface area (Å²) in [4.78, 5) is 39.7. The van der Waals surface area contributed by atoms with Crippen molar-refractivity contribution >= 4 is 17.3 Å². The SMILES string of the molecule is CC(=O)C1=C(O)C[C@@]2(C)C[C@@]3(C)Cc4c(CCc5ccc(C(C)(C)C)cc5)ccc(O)c4C(=O)C3=C(O)[C@@]2(O)C1=O. The smallest absolute Gasteiger partial charge is 0.209 e. The van der Waals surface area contributed by atoms with Gasteiger partial charge < -0.3 is 20.4 Å². The number of carbonyl (C=O) groups excluding carboxylic acids is 3. The predicted molar refractivity (Wildman–Crippen MR) is 154 cm³/mol. The standard InChI is InChI=1S/C34H38O7/c1-18(35)25-24(37)16-33(6)17-32(5)15-22-20(10-7-19-8-12-21(13-9-19)31(2,3)4)11-14-23(36)26(22)28(38)27(32)30(40)34(33,41)29(25)39/h8-9,11-14,36-37,40-41H,7,10,15-17H2,1-6H3/t32-,33+,34+/m1/s1. The van der Waals surface area contributed by atoms with Gasteiger partial charge in [0, 0.05) is 22.8 Å². The van der Waals surface area contributed by atoms with Gasteiger partial charge in [0.05, 0.1) is 5.56 Å². The van der Waals surface area contributed by atoms with Gasteiger partial charge in [0.2, 0.25) is 5.78 Å². The van der Waals surface area contributed by atoms with Gasteiger partial charge in [-0.05, 0) is 66.3 Å². The molecule has 0 saturated carbocycles. The molecule has 0 aromatic heterocycles. The number of allylic oxidation sites excluding steroid dienone is 2. The molecule has 216 valence electrons. The van der Waals surface area contributed by atoms with E-state index in [1.54, 1.807) is 13.8 Å². The van der Waals surface area contributed by atoms with Crippen molar-refractivity contribution in [2.24, 2.45) is 10.8 Å². The highest BCUT2D eigenvalue weighted by Crippen LogP contribution is 2.62. The number of phenols is 1. The van der Waals surface area contributed by atoms with E-state index < -0.39 is 50.9 Å². The lowest BCUT2D eigenvalue weighted by Crippen LogP contribution is -2.63.